The molecule has 1 aliphatic heterocycles. The maximum absolute atomic E-state index is 14.5. The monoisotopic (exact) mass is 323 g/mol. The topological polar surface area (TPSA) is 110 Å². The van der Waals surface area contributed by atoms with E-state index in [0.29, 0.717) is 5.69 Å². The van der Waals surface area contributed by atoms with Crippen molar-refractivity contribution in [3.8, 4) is 23.3 Å². The number of halogens is 1. The molecule has 0 radical (unpaired) electrons. The van der Waals surface area contributed by atoms with Gasteiger partial charge in [-0.1, -0.05) is 6.07 Å². The molecule has 6 nitrogen and oxygen atoms in total. The first-order chi connectivity index (χ1) is 11.6. The maximum Gasteiger partial charge on any atom is 0.268 e. The Hall–Kier alpha value is -3.32. The highest BCUT2D eigenvalue weighted by atomic mass is 19.1. The number of aromatic amines is 1. The van der Waals surface area contributed by atoms with Crippen LogP contribution in [0.5, 0.6) is 0 Å². The van der Waals surface area contributed by atoms with E-state index in [1.165, 1.54) is 6.07 Å². The van der Waals surface area contributed by atoms with Crippen molar-refractivity contribution in [2.75, 3.05) is 23.7 Å². The Balaban J connectivity index is 2.20. The highest BCUT2D eigenvalue weighted by molar-refractivity contribution is 5.81. The zero-order chi connectivity index (χ0) is 17.3. The van der Waals surface area contributed by atoms with Gasteiger partial charge in [0.1, 0.15) is 34.9 Å². The smallest absolute Gasteiger partial charge is 0.268 e. The fourth-order valence-electron chi connectivity index (χ4n) is 3.01. The molecule has 0 saturated carbocycles. The van der Waals surface area contributed by atoms with Gasteiger partial charge < -0.3 is 15.6 Å². The first-order valence-corrected chi connectivity index (χ1v) is 7.47. The molecule has 0 aliphatic carbocycles. The van der Waals surface area contributed by atoms with E-state index in [2.05, 4.69) is 4.98 Å². The van der Waals surface area contributed by atoms with Crippen LogP contribution in [0.2, 0.25) is 0 Å². The second-order valence-corrected chi connectivity index (χ2v) is 5.58. The van der Waals surface area contributed by atoms with Crippen molar-refractivity contribution in [1.82, 2.24) is 4.98 Å². The van der Waals surface area contributed by atoms with E-state index in [0.717, 1.165) is 25.9 Å². The maximum atomic E-state index is 14.5. The summed E-state index contributed by atoms with van der Waals surface area (Å²) in [7, 11) is 0. The summed E-state index contributed by atoms with van der Waals surface area (Å²) in [5, 5.41) is 18.6. The number of rotatable bonds is 2. The zero-order valence-corrected chi connectivity index (χ0v) is 12.8. The summed E-state index contributed by atoms with van der Waals surface area (Å²) in [6.45, 7) is 1.59. The van der Waals surface area contributed by atoms with Crippen molar-refractivity contribution in [2.45, 2.75) is 12.8 Å². The van der Waals surface area contributed by atoms with Crippen LogP contribution in [0.1, 0.15) is 24.0 Å². The van der Waals surface area contributed by atoms with Gasteiger partial charge in [-0.2, -0.15) is 10.5 Å². The molecular formula is C17H14FN5O. The number of nitrogens with zero attached hydrogens (tertiary/aromatic N) is 3. The quantitative estimate of drug-likeness (QED) is 0.879. The van der Waals surface area contributed by atoms with Gasteiger partial charge in [0, 0.05) is 18.7 Å². The molecule has 24 heavy (non-hydrogen) atoms. The van der Waals surface area contributed by atoms with Crippen LogP contribution in [0.3, 0.4) is 0 Å². The third-order valence-corrected chi connectivity index (χ3v) is 4.15. The van der Waals surface area contributed by atoms with Gasteiger partial charge in [-0.25, -0.2) is 4.39 Å². The van der Waals surface area contributed by atoms with E-state index in [4.69, 9.17) is 5.73 Å². The van der Waals surface area contributed by atoms with Crippen LogP contribution >= 0.6 is 0 Å². The van der Waals surface area contributed by atoms with Crippen molar-refractivity contribution < 1.29 is 4.39 Å². The molecule has 120 valence electrons. The number of anilines is 2. The van der Waals surface area contributed by atoms with Crippen molar-refractivity contribution in [3.63, 3.8) is 0 Å². The number of nitrogen functional groups attached to an aromatic ring is 1. The fraction of sp³-hybridized carbons (Fsp3) is 0.235. The van der Waals surface area contributed by atoms with E-state index in [1.807, 2.05) is 11.0 Å². The average Bonchev–Trinajstić information content (AvgIpc) is 3.08. The van der Waals surface area contributed by atoms with E-state index >= 15 is 0 Å². The molecule has 3 rings (SSSR count). The van der Waals surface area contributed by atoms with Crippen molar-refractivity contribution in [1.29, 1.82) is 10.5 Å². The Bertz CT molecular complexity index is 945. The zero-order valence-electron chi connectivity index (χ0n) is 12.8. The number of aromatic nitrogens is 1. The minimum atomic E-state index is -0.701. The molecule has 1 aliphatic rings. The summed E-state index contributed by atoms with van der Waals surface area (Å²) in [5.74, 6) is -0.596. The highest BCUT2D eigenvalue weighted by Gasteiger charge is 2.21. The van der Waals surface area contributed by atoms with Crippen LogP contribution in [0.15, 0.2) is 23.0 Å². The molecule has 0 atom stereocenters. The molecule has 0 bridgehead atoms. The van der Waals surface area contributed by atoms with Crippen LogP contribution in [0, 0.1) is 28.5 Å². The first kappa shape index (κ1) is 15.6. The number of nitrogens with two attached hydrogens (primary N) is 1. The van der Waals surface area contributed by atoms with Gasteiger partial charge in [0.2, 0.25) is 0 Å². The molecule has 0 amide bonds. The van der Waals surface area contributed by atoms with Crippen LogP contribution in [0.25, 0.3) is 11.1 Å². The molecule has 1 fully saturated rings. The lowest BCUT2D eigenvalue weighted by Crippen LogP contribution is -2.19. The Morgan fingerprint density at radius 2 is 1.83 bits per heavy atom. The minimum Gasteiger partial charge on any atom is -0.384 e. The van der Waals surface area contributed by atoms with Gasteiger partial charge in [0.05, 0.1) is 5.69 Å². The molecule has 1 saturated heterocycles. The predicted molar refractivity (Wildman–Crippen MR) is 87.7 cm³/mol. The Morgan fingerprint density at radius 3 is 2.42 bits per heavy atom. The summed E-state index contributed by atoms with van der Waals surface area (Å²) in [5.41, 5.74) is 5.49. The SMILES string of the molecule is N#Cc1c(N)[nH]c(=O)c(C#N)c1-c1ccc(N2CCCC2)c(F)c1. The lowest BCUT2D eigenvalue weighted by molar-refractivity contribution is 0.623. The summed E-state index contributed by atoms with van der Waals surface area (Å²) >= 11 is 0. The number of nitrogens with one attached hydrogen (secondary N) is 1. The summed E-state index contributed by atoms with van der Waals surface area (Å²) in [6, 6.07) is 8.09. The van der Waals surface area contributed by atoms with E-state index in [9.17, 15) is 19.7 Å². The molecule has 1 aromatic carbocycles. The second-order valence-electron chi connectivity index (χ2n) is 5.58. The van der Waals surface area contributed by atoms with E-state index < -0.39 is 11.4 Å². The summed E-state index contributed by atoms with van der Waals surface area (Å²) in [4.78, 5) is 16.1. The number of benzene rings is 1. The highest BCUT2D eigenvalue weighted by Crippen LogP contribution is 2.32. The van der Waals surface area contributed by atoms with E-state index in [1.54, 1.807) is 18.2 Å². The van der Waals surface area contributed by atoms with Gasteiger partial charge in [0.25, 0.3) is 5.56 Å². The third kappa shape index (κ3) is 2.46. The number of hydrogen-bond donors (Lipinski definition) is 2. The Morgan fingerprint density at radius 1 is 1.17 bits per heavy atom. The van der Waals surface area contributed by atoms with E-state index in [-0.39, 0.29) is 28.1 Å². The standard InChI is InChI=1S/C17H14FN5O/c18-13-7-10(3-4-14(13)23-5-1-2-6-23)15-11(8-19)16(21)22-17(24)12(15)9-20/h3-4,7H,1-2,5-6H2,(H3,21,22,24). The van der Waals surface area contributed by atoms with Gasteiger partial charge in [0.15, 0.2) is 0 Å². The lowest BCUT2D eigenvalue weighted by atomic mass is 9.96. The average molecular weight is 323 g/mol. The molecule has 2 heterocycles. The van der Waals surface area contributed by atoms with Crippen molar-refractivity contribution in [3.05, 3.63) is 45.5 Å². The largest absolute Gasteiger partial charge is 0.384 e. The van der Waals surface area contributed by atoms with Gasteiger partial charge in [-0.3, -0.25) is 4.79 Å². The van der Waals surface area contributed by atoms with Crippen LogP contribution in [-0.2, 0) is 0 Å². The van der Waals surface area contributed by atoms with Crippen molar-refractivity contribution in [2.24, 2.45) is 0 Å². The number of H-pyrrole nitrogens is 1. The predicted octanol–water partition coefficient (Wildman–Crippen LogP) is 2.11. The second kappa shape index (κ2) is 6.05. The van der Waals surface area contributed by atoms with Gasteiger partial charge >= 0.3 is 0 Å². The number of hydrogen-bond acceptors (Lipinski definition) is 5. The van der Waals surface area contributed by atoms with Crippen molar-refractivity contribution >= 4 is 11.5 Å². The number of nitriles is 2. The van der Waals surface area contributed by atoms with Gasteiger partial charge in [-0.05, 0) is 30.5 Å². The minimum absolute atomic E-state index is 0.0422. The molecule has 0 spiro atoms. The molecule has 1 aromatic heterocycles. The third-order valence-electron chi connectivity index (χ3n) is 4.15. The molecule has 2 aromatic rings. The van der Waals surface area contributed by atoms with Gasteiger partial charge in [-0.15, -0.1) is 0 Å². The molecule has 0 unspecified atom stereocenters. The lowest BCUT2D eigenvalue weighted by Gasteiger charge is -2.19. The fourth-order valence-corrected chi connectivity index (χ4v) is 3.01. The van der Waals surface area contributed by atoms with Crippen LogP contribution in [-0.4, -0.2) is 18.1 Å². The number of pyridine rings is 1. The normalized spacial score (nSPS) is 13.5. The summed E-state index contributed by atoms with van der Waals surface area (Å²) < 4.78 is 14.5. The molecule has 7 heteroatoms. The Kier molecular flexibility index (Phi) is 3.93. The summed E-state index contributed by atoms with van der Waals surface area (Å²) in [6.07, 6.45) is 2.03. The van der Waals surface area contributed by atoms with Crippen LogP contribution in [0.4, 0.5) is 15.9 Å². The van der Waals surface area contributed by atoms with Crippen LogP contribution < -0.4 is 16.2 Å². The molecule has 3 N–H and O–H groups in total. The molecular weight excluding hydrogens is 309 g/mol. The first-order valence-electron chi connectivity index (χ1n) is 7.47. The Labute approximate surface area is 137 Å².